The van der Waals surface area contributed by atoms with Gasteiger partial charge < -0.3 is 24.8 Å². The molecule has 6 rings (SSSR count). The Morgan fingerprint density at radius 2 is 1.89 bits per heavy atom. The summed E-state index contributed by atoms with van der Waals surface area (Å²) in [5, 5.41) is 13.4. The number of rotatable bonds is 6. The molecule has 0 radical (unpaired) electrons. The Labute approximate surface area is 259 Å². The topological polar surface area (TPSA) is 101 Å². The monoisotopic (exact) mass is 617 g/mol. The van der Waals surface area contributed by atoms with Gasteiger partial charge in [0.1, 0.15) is 17.1 Å². The number of benzene rings is 2. The van der Waals surface area contributed by atoms with E-state index < -0.39 is 23.8 Å². The molecule has 2 aromatic carbocycles. The Morgan fingerprint density at radius 1 is 1.11 bits per heavy atom. The average Bonchev–Trinajstić information content (AvgIpc) is 3.52. The molecule has 2 N–H and O–H groups in total. The van der Waals surface area contributed by atoms with Gasteiger partial charge in [0, 0.05) is 57.3 Å². The highest BCUT2D eigenvalue weighted by atomic mass is 19.4. The van der Waals surface area contributed by atoms with Gasteiger partial charge >= 0.3 is 12.2 Å². The van der Waals surface area contributed by atoms with Gasteiger partial charge in [-0.15, -0.1) is 0 Å². The quantitative estimate of drug-likeness (QED) is 0.255. The number of carbonyl (C=O) groups excluding carboxylic acids is 1. The second kappa shape index (κ2) is 12.4. The number of aromatic amines is 1. The third-order valence-corrected chi connectivity index (χ3v) is 8.78. The molecule has 45 heavy (non-hydrogen) atoms. The normalized spacial score (nSPS) is 17.6. The van der Waals surface area contributed by atoms with E-state index in [1.165, 1.54) is 12.1 Å². The zero-order valence-electron chi connectivity index (χ0n) is 25.1. The highest BCUT2D eigenvalue weighted by molar-refractivity contribution is 5.90. The van der Waals surface area contributed by atoms with Crippen molar-refractivity contribution < 1.29 is 22.7 Å². The third-order valence-electron chi connectivity index (χ3n) is 8.78. The van der Waals surface area contributed by atoms with E-state index in [1.807, 2.05) is 24.0 Å². The molecule has 0 saturated carbocycles. The second-order valence-corrected chi connectivity index (χ2v) is 11.4. The van der Waals surface area contributed by atoms with Crippen LogP contribution in [0.15, 0.2) is 54.9 Å². The van der Waals surface area contributed by atoms with Crippen LogP contribution in [-0.4, -0.2) is 70.0 Å². The van der Waals surface area contributed by atoms with E-state index in [0.717, 1.165) is 42.2 Å². The highest BCUT2D eigenvalue weighted by Gasteiger charge is 2.35. The number of nitrogens with zero attached hydrogens (tertiary/aromatic N) is 5. The maximum Gasteiger partial charge on any atom is 0.416 e. The zero-order chi connectivity index (χ0) is 31.7. The van der Waals surface area contributed by atoms with Crippen LogP contribution in [0.4, 0.5) is 23.7 Å². The molecule has 1 saturated heterocycles. The predicted octanol–water partition coefficient (Wildman–Crippen LogP) is 6.53. The summed E-state index contributed by atoms with van der Waals surface area (Å²) in [6.45, 7) is 8.40. The minimum Gasteiger partial charge on any atom is -0.456 e. The fourth-order valence-corrected chi connectivity index (χ4v) is 6.26. The van der Waals surface area contributed by atoms with Crippen molar-refractivity contribution >= 4 is 22.8 Å². The summed E-state index contributed by atoms with van der Waals surface area (Å²) >= 11 is 0. The summed E-state index contributed by atoms with van der Waals surface area (Å²) in [6, 6.07) is 12.4. The van der Waals surface area contributed by atoms with E-state index in [9.17, 15) is 23.2 Å². The number of hydrogen-bond donors (Lipinski definition) is 2. The number of fused-ring (bicyclic) bond motifs is 2. The number of nitrogens with one attached hydrogen (secondary N) is 2. The van der Waals surface area contributed by atoms with Gasteiger partial charge in [-0.2, -0.15) is 18.4 Å². The molecule has 1 fully saturated rings. The summed E-state index contributed by atoms with van der Waals surface area (Å²) in [7, 11) is 0. The lowest BCUT2D eigenvalue weighted by Crippen LogP contribution is -2.45. The molecule has 2 amide bonds. The van der Waals surface area contributed by atoms with Crippen LogP contribution in [0.2, 0.25) is 0 Å². The molecule has 12 heteroatoms. The van der Waals surface area contributed by atoms with Crippen LogP contribution in [-0.2, 0) is 19.1 Å². The molecular weight excluding hydrogens is 583 g/mol. The van der Waals surface area contributed by atoms with Gasteiger partial charge in [-0.1, -0.05) is 13.0 Å². The van der Waals surface area contributed by atoms with Crippen LogP contribution < -0.4 is 10.1 Å². The Kier molecular flexibility index (Phi) is 8.40. The summed E-state index contributed by atoms with van der Waals surface area (Å²) in [6.07, 6.45) is -0.762. The lowest BCUT2D eigenvalue weighted by molar-refractivity contribution is -0.138. The molecule has 0 spiro atoms. The number of hydrogen-bond acceptors (Lipinski definition) is 6. The number of carbonyl (C=O) groups is 1. The predicted molar refractivity (Wildman–Crippen MR) is 164 cm³/mol. The van der Waals surface area contributed by atoms with Gasteiger partial charge in [-0.05, 0) is 73.0 Å². The maximum absolute atomic E-state index is 14.2. The number of aromatic nitrogens is 2. The van der Waals surface area contributed by atoms with E-state index in [-0.39, 0.29) is 17.8 Å². The Morgan fingerprint density at radius 3 is 2.62 bits per heavy atom. The van der Waals surface area contributed by atoms with Crippen molar-refractivity contribution in [3.8, 4) is 17.6 Å². The first-order valence-electron chi connectivity index (χ1n) is 15.0. The molecule has 4 heterocycles. The van der Waals surface area contributed by atoms with E-state index in [4.69, 9.17) is 4.74 Å². The van der Waals surface area contributed by atoms with E-state index >= 15 is 0 Å². The van der Waals surface area contributed by atoms with Gasteiger partial charge in [0.15, 0.2) is 0 Å². The minimum atomic E-state index is -4.57. The van der Waals surface area contributed by atoms with Crippen LogP contribution in [0.25, 0.3) is 11.0 Å². The summed E-state index contributed by atoms with van der Waals surface area (Å²) in [4.78, 5) is 26.7. The van der Waals surface area contributed by atoms with Gasteiger partial charge in [0.25, 0.3) is 0 Å². The SMILES string of the molecule is CCN1CCN(Cc2ccc(NC(=O)N3CCc4c(C#N)cc(Oc5ccnc6[nH]ccc56)cc4C3C)cc2C(F)(F)F)CC1. The molecule has 4 aromatic rings. The number of anilines is 1. The summed E-state index contributed by atoms with van der Waals surface area (Å²) in [5.41, 5.74) is 2.21. The lowest BCUT2D eigenvalue weighted by atomic mass is 9.90. The molecule has 0 aliphatic carbocycles. The Bertz CT molecular complexity index is 1760. The molecular formula is C33H34F3N7O2. The molecule has 1 atom stereocenters. The third kappa shape index (κ3) is 6.32. The van der Waals surface area contributed by atoms with E-state index in [0.29, 0.717) is 48.8 Å². The fraction of sp³-hybridized carbons (Fsp3) is 0.364. The second-order valence-electron chi connectivity index (χ2n) is 11.4. The first-order chi connectivity index (χ1) is 21.6. The van der Waals surface area contributed by atoms with Gasteiger partial charge in [0.05, 0.1) is 28.6 Å². The number of H-pyrrole nitrogens is 1. The van der Waals surface area contributed by atoms with Crippen molar-refractivity contribution in [1.29, 1.82) is 5.26 Å². The molecule has 0 bridgehead atoms. The number of halogens is 3. The number of pyridine rings is 1. The first kappa shape index (κ1) is 30.4. The van der Waals surface area contributed by atoms with Crippen LogP contribution >= 0.6 is 0 Å². The molecule has 9 nitrogen and oxygen atoms in total. The number of amides is 2. The fourth-order valence-electron chi connectivity index (χ4n) is 6.26. The van der Waals surface area contributed by atoms with Crippen LogP contribution in [0, 0.1) is 11.3 Å². The molecule has 2 aliphatic heterocycles. The molecule has 2 aromatic heterocycles. The van der Waals surface area contributed by atoms with Gasteiger partial charge in [0.2, 0.25) is 0 Å². The van der Waals surface area contributed by atoms with Crippen molar-refractivity contribution in [2.75, 3.05) is 44.6 Å². The van der Waals surface area contributed by atoms with Crippen LogP contribution in [0.5, 0.6) is 11.5 Å². The molecule has 234 valence electrons. The van der Waals surface area contributed by atoms with E-state index in [1.54, 1.807) is 29.4 Å². The van der Waals surface area contributed by atoms with Crippen molar-refractivity contribution in [2.45, 2.75) is 39.0 Å². The largest absolute Gasteiger partial charge is 0.456 e. The van der Waals surface area contributed by atoms with Crippen molar-refractivity contribution in [3.05, 3.63) is 82.7 Å². The van der Waals surface area contributed by atoms with Crippen LogP contribution in [0.3, 0.4) is 0 Å². The zero-order valence-corrected chi connectivity index (χ0v) is 25.1. The standard InChI is InChI=1S/C33H34F3N7O2/c1-3-41-12-14-42(15-13-41)20-22-4-5-24(17-29(22)33(34,35)36)40-32(44)43-11-8-26-23(19-37)16-25(18-28(26)21(43)2)45-30-7-10-39-31-27(30)6-9-38-31/h4-7,9-10,16-18,21H,3,8,11-15,20H2,1-2H3,(H,38,39)(H,40,44). The number of ether oxygens (including phenoxy) is 1. The lowest BCUT2D eigenvalue weighted by Gasteiger charge is -2.36. The summed E-state index contributed by atoms with van der Waals surface area (Å²) in [5.74, 6) is 1.00. The van der Waals surface area contributed by atoms with Crippen molar-refractivity contribution in [3.63, 3.8) is 0 Å². The Balaban J connectivity index is 1.20. The average molecular weight is 618 g/mol. The van der Waals surface area contributed by atoms with E-state index in [2.05, 4.69) is 33.2 Å². The smallest absolute Gasteiger partial charge is 0.416 e. The number of nitriles is 1. The van der Waals surface area contributed by atoms with Gasteiger partial charge in [-0.25, -0.2) is 9.78 Å². The number of piperazine rings is 1. The first-order valence-corrected chi connectivity index (χ1v) is 15.0. The number of alkyl halides is 3. The van der Waals surface area contributed by atoms with Crippen molar-refractivity contribution in [2.24, 2.45) is 0 Å². The maximum atomic E-state index is 14.2. The summed E-state index contributed by atoms with van der Waals surface area (Å²) < 4.78 is 48.7. The number of likely N-dealkylation sites (N-methyl/N-ethyl adjacent to an activating group) is 1. The van der Waals surface area contributed by atoms with Gasteiger partial charge in [-0.3, -0.25) is 4.90 Å². The minimum absolute atomic E-state index is 0.0767. The van der Waals surface area contributed by atoms with Crippen molar-refractivity contribution in [1.82, 2.24) is 24.7 Å². The highest BCUT2D eigenvalue weighted by Crippen LogP contribution is 2.38. The molecule has 2 aliphatic rings. The Hall–Kier alpha value is -4.60. The van der Waals surface area contributed by atoms with Crippen LogP contribution in [0.1, 0.15) is 47.7 Å². The molecule has 1 unspecified atom stereocenters. The number of urea groups is 1.